The smallest absolute Gasteiger partial charge is 0.227 e. The molecule has 10 aromatic rings. The Balaban J connectivity index is 1.15. The normalized spacial score (nSPS) is 11.7. The zero-order chi connectivity index (χ0) is 32.3. The molecule has 230 valence electrons. The predicted molar refractivity (Wildman–Crippen MR) is 202 cm³/mol. The number of oxazole rings is 1. The third kappa shape index (κ3) is 4.65. The summed E-state index contributed by atoms with van der Waals surface area (Å²) in [4.78, 5) is 7.13. The molecule has 2 aromatic heterocycles. The number of fused-ring (bicyclic) bond motifs is 7. The lowest BCUT2D eigenvalue weighted by Crippen LogP contribution is -2.10. The van der Waals surface area contributed by atoms with Crippen LogP contribution in [0.5, 0.6) is 0 Å². The van der Waals surface area contributed by atoms with E-state index < -0.39 is 0 Å². The van der Waals surface area contributed by atoms with Crippen molar-refractivity contribution in [2.45, 2.75) is 0 Å². The van der Waals surface area contributed by atoms with Gasteiger partial charge in [-0.2, -0.15) is 0 Å². The molecule has 0 saturated carbocycles. The van der Waals surface area contributed by atoms with E-state index in [2.05, 4.69) is 138 Å². The topological polar surface area (TPSA) is 42.4 Å². The number of hydrogen-bond acceptors (Lipinski definition) is 4. The van der Waals surface area contributed by atoms with Crippen LogP contribution < -0.4 is 4.90 Å². The molecule has 49 heavy (non-hydrogen) atoms. The number of nitrogens with zero attached hydrogens (tertiary/aromatic N) is 2. The van der Waals surface area contributed by atoms with Gasteiger partial charge in [-0.3, -0.25) is 0 Å². The van der Waals surface area contributed by atoms with E-state index in [1.807, 2.05) is 36.4 Å². The molecule has 0 fully saturated rings. The second kappa shape index (κ2) is 11.0. The highest BCUT2D eigenvalue weighted by Crippen LogP contribution is 2.42. The Morgan fingerprint density at radius 3 is 1.88 bits per heavy atom. The molecule has 0 amide bonds. The molecule has 4 nitrogen and oxygen atoms in total. The van der Waals surface area contributed by atoms with Crippen molar-refractivity contribution >= 4 is 71.6 Å². The van der Waals surface area contributed by atoms with Gasteiger partial charge < -0.3 is 13.7 Å². The van der Waals surface area contributed by atoms with E-state index in [1.54, 1.807) is 0 Å². The van der Waals surface area contributed by atoms with Crippen LogP contribution in [0.15, 0.2) is 179 Å². The maximum Gasteiger partial charge on any atom is 0.227 e. The van der Waals surface area contributed by atoms with Gasteiger partial charge in [-0.1, -0.05) is 103 Å². The van der Waals surface area contributed by atoms with Crippen molar-refractivity contribution < 1.29 is 8.83 Å². The molecular weight excluding hydrogens is 601 g/mol. The van der Waals surface area contributed by atoms with Crippen molar-refractivity contribution in [2.75, 3.05) is 4.90 Å². The molecule has 0 aliphatic heterocycles. The first kappa shape index (κ1) is 27.5. The molecule has 0 N–H and O–H groups in total. The Morgan fingerprint density at radius 1 is 0.367 bits per heavy atom. The quantitative estimate of drug-likeness (QED) is 0.178. The van der Waals surface area contributed by atoms with Crippen LogP contribution in [-0.4, -0.2) is 4.98 Å². The second-order valence-corrected chi connectivity index (χ2v) is 12.4. The minimum atomic E-state index is 0.603. The van der Waals surface area contributed by atoms with Crippen LogP contribution in [0, 0.1) is 0 Å². The highest BCUT2D eigenvalue weighted by molar-refractivity contribution is 6.11. The van der Waals surface area contributed by atoms with Gasteiger partial charge in [-0.15, -0.1) is 0 Å². The molecule has 8 aromatic carbocycles. The molecule has 2 heterocycles. The van der Waals surface area contributed by atoms with Crippen LogP contribution in [0.25, 0.3) is 77.2 Å². The molecule has 0 bridgehead atoms. The molecule has 0 saturated heterocycles. The van der Waals surface area contributed by atoms with E-state index in [0.717, 1.165) is 55.6 Å². The number of aromatic nitrogens is 1. The van der Waals surface area contributed by atoms with E-state index >= 15 is 0 Å². The number of furan rings is 1. The van der Waals surface area contributed by atoms with Crippen LogP contribution in [-0.2, 0) is 0 Å². The van der Waals surface area contributed by atoms with Crippen molar-refractivity contribution in [2.24, 2.45) is 0 Å². The fourth-order valence-corrected chi connectivity index (χ4v) is 7.06. The summed E-state index contributed by atoms with van der Waals surface area (Å²) >= 11 is 0. The SMILES string of the molecule is c1ccc(-c2cccc(N(c3ccc4c(c3)oc3cc5oc(-c6ccccc6)nc5cc34)c3ccc4ccc5ccccc5c4c3)c2)cc1. The monoisotopic (exact) mass is 628 g/mol. The Bertz CT molecular complexity index is 2830. The van der Waals surface area contributed by atoms with Gasteiger partial charge in [0.05, 0.1) is 0 Å². The third-order valence-corrected chi connectivity index (χ3v) is 9.44. The molecular formula is C45H28N2O2. The van der Waals surface area contributed by atoms with Gasteiger partial charge >= 0.3 is 0 Å². The molecule has 0 aliphatic carbocycles. The van der Waals surface area contributed by atoms with Gasteiger partial charge in [0.2, 0.25) is 5.89 Å². The van der Waals surface area contributed by atoms with E-state index in [4.69, 9.17) is 13.8 Å². The summed E-state index contributed by atoms with van der Waals surface area (Å²) in [5.41, 5.74) is 9.50. The Labute approximate surface area is 282 Å². The first-order valence-electron chi connectivity index (χ1n) is 16.4. The summed E-state index contributed by atoms with van der Waals surface area (Å²) < 4.78 is 12.7. The van der Waals surface area contributed by atoms with Crippen LogP contribution >= 0.6 is 0 Å². The summed E-state index contributed by atoms with van der Waals surface area (Å²) in [6.45, 7) is 0. The van der Waals surface area contributed by atoms with Crippen molar-refractivity contribution in [3.63, 3.8) is 0 Å². The van der Waals surface area contributed by atoms with E-state index in [0.29, 0.717) is 11.5 Å². The van der Waals surface area contributed by atoms with Crippen LogP contribution in [0.4, 0.5) is 17.1 Å². The fourth-order valence-electron chi connectivity index (χ4n) is 7.06. The number of anilines is 3. The largest absolute Gasteiger partial charge is 0.456 e. The highest BCUT2D eigenvalue weighted by atomic mass is 16.4. The lowest BCUT2D eigenvalue weighted by atomic mass is 10.0. The summed E-state index contributed by atoms with van der Waals surface area (Å²) in [6, 6.07) is 59.5. The standard InChI is InChI=1S/C45H28N2O2/c1-3-10-29(11-4-1)33-15-9-16-34(24-33)47(35-21-20-31-19-18-30-12-7-8-17-37(30)39(31)25-35)36-22-23-38-40-27-41-44(28-43(40)48-42(38)26-36)49-45(46-41)32-13-5-2-6-14-32/h1-28H. The van der Waals surface area contributed by atoms with E-state index in [9.17, 15) is 0 Å². The van der Waals surface area contributed by atoms with Gasteiger partial charge in [-0.25, -0.2) is 4.98 Å². The maximum absolute atomic E-state index is 6.54. The van der Waals surface area contributed by atoms with Crippen LogP contribution in [0.1, 0.15) is 0 Å². The first-order chi connectivity index (χ1) is 24.2. The Kier molecular flexibility index (Phi) is 6.15. The molecule has 0 radical (unpaired) electrons. The van der Waals surface area contributed by atoms with Crippen LogP contribution in [0.3, 0.4) is 0 Å². The van der Waals surface area contributed by atoms with E-state index in [1.165, 1.54) is 27.1 Å². The minimum absolute atomic E-state index is 0.603. The number of rotatable bonds is 5. The van der Waals surface area contributed by atoms with Crippen molar-refractivity contribution in [1.82, 2.24) is 4.98 Å². The summed E-state index contributed by atoms with van der Waals surface area (Å²) in [7, 11) is 0. The molecule has 0 aliphatic rings. The summed E-state index contributed by atoms with van der Waals surface area (Å²) in [5.74, 6) is 0.603. The Morgan fingerprint density at radius 2 is 1.02 bits per heavy atom. The van der Waals surface area contributed by atoms with Crippen LogP contribution in [0.2, 0.25) is 0 Å². The van der Waals surface area contributed by atoms with Gasteiger partial charge in [0.25, 0.3) is 0 Å². The van der Waals surface area contributed by atoms with Crippen molar-refractivity contribution in [1.29, 1.82) is 0 Å². The van der Waals surface area contributed by atoms with Gasteiger partial charge in [-0.05, 0) is 87.3 Å². The average molecular weight is 629 g/mol. The Hall–Kier alpha value is -6.65. The molecule has 0 unspecified atom stereocenters. The van der Waals surface area contributed by atoms with Gasteiger partial charge in [0.15, 0.2) is 5.58 Å². The second-order valence-electron chi connectivity index (χ2n) is 12.4. The zero-order valence-electron chi connectivity index (χ0n) is 26.4. The van der Waals surface area contributed by atoms with Crippen molar-refractivity contribution in [3.05, 3.63) is 170 Å². The predicted octanol–water partition coefficient (Wildman–Crippen LogP) is 12.8. The third-order valence-electron chi connectivity index (χ3n) is 9.44. The lowest BCUT2D eigenvalue weighted by Gasteiger charge is -2.26. The summed E-state index contributed by atoms with van der Waals surface area (Å²) in [6.07, 6.45) is 0. The van der Waals surface area contributed by atoms with Gasteiger partial charge in [0, 0.05) is 45.5 Å². The van der Waals surface area contributed by atoms with Crippen molar-refractivity contribution in [3.8, 4) is 22.6 Å². The summed E-state index contributed by atoms with van der Waals surface area (Å²) in [5, 5.41) is 6.94. The zero-order valence-corrected chi connectivity index (χ0v) is 26.4. The molecule has 0 spiro atoms. The fraction of sp³-hybridized carbons (Fsp3) is 0. The van der Waals surface area contributed by atoms with Gasteiger partial charge in [0.1, 0.15) is 16.7 Å². The minimum Gasteiger partial charge on any atom is -0.456 e. The molecule has 10 rings (SSSR count). The highest BCUT2D eigenvalue weighted by Gasteiger charge is 2.19. The number of hydrogen-bond donors (Lipinski definition) is 0. The first-order valence-corrected chi connectivity index (χ1v) is 16.4. The lowest BCUT2D eigenvalue weighted by molar-refractivity contribution is 0.617. The number of benzene rings is 8. The maximum atomic E-state index is 6.54. The molecule has 0 atom stereocenters. The van der Waals surface area contributed by atoms with E-state index in [-0.39, 0.29) is 0 Å². The average Bonchev–Trinajstić information content (AvgIpc) is 3.75. The molecule has 4 heteroatoms.